The van der Waals surface area contributed by atoms with Crippen LogP contribution in [0.5, 0.6) is 5.75 Å². The van der Waals surface area contributed by atoms with E-state index in [9.17, 15) is 4.57 Å². The highest BCUT2D eigenvalue weighted by molar-refractivity contribution is 9.10. The summed E-state index contributed by atoms with van der Waals surface area (Å²) in [6.45, 7) is 4.36. The highest BCUT2D eigenvalue weighted by Gasteiger charge is 2.61. The smallest absolute Gasteiger partial charge is 0.355 e. The first-order valence-corrected chi connectivity index (χ1v) is 11.0. The Kier molecular flexibility index (Phi) is 6.08. The average Bonchev–Trinajstić information content (AvgIpc) is 3.39. The number of methoxy groups -OCH3 is 1. The van der Waals surface area contributed by atoms with Crippen LogP contribution in [0.1, 0.15) is 25.5 Å². The molecule has 0 aliphatic carbocycles. The van der Waals surface area contributed by atoms with Gasteiger partial charge in [0.25, 0.3) is 0 Å². The summed E-state index contributed by atoms with van der Waals surface area (Å²) >= 11 is 3.46. The maximum atomic E-state index is 13.4. The number of rotatable bonds is 8. The molecule has 0 bridgehead atoms. The molecule has 140 valence electrons. The van der Waals surface area contributed by atoms with E-state index in [1.165, 1.54) is 0 Å². The number of hydrogen-bond donors (Lipinski definition) is 0. The van der Waals surface area contributed by atoms with Gasteiger partial charge in [-0.15, -0.1) is 0 Å². The fourth-order valence-electron chi connectivity index (χ4n) is 3.15. The van der Waals surface area contributed by atoms with Gasteiger partial charge in [-0.1, -0.05) is 28.1 Å². The third-order valence-corrected chi connectivity index (χ3v) is 7.25. The minimum absolute atomic E-state index is 0.0639. The van der Waals surface area contributed by atoms with Gasteiger partial charge in [-0.05, 0) is 55.8 Å². The van der Waals surface area contributed by atoms with Crippen LogP contribution >= 0.6 is 23.5 Å². The Labute approximate surface area is 162 Å². The highest BCUT2D eigenvalue weighted by atomic mass is 79.9. The minimum atomic E-state index is -3.27. The molecule has 1 heterocycles. The lowest BCUT2D eigenvalue weighted by molar-refractivity contribution is 0.218. The van der Waals surface area contributed by atoms with Crippen molar-refractivity contribution in [2.24, 2.45) is 0 Å². The van der Waals surface area contributed by atoms with Crippen LogP contribution in [0, 0.1) is 0 Å². The van der Waals surface area contributed by atoms with E-state index in [0.29, 0.717) is 13.2 Å². The molecule has 7 heteroatoms. The molecule has 3 rings (SSSR count). The number of halogens is 1. The molecule has 5 nitrogen and oxygen atoms in total. The summed E-state index contributed by atoms with van der Waals surface area (Å²) in [5.74, 6) is 0.455. The quantitative estimate of drug-likeness (QED) is 0.395. The molecule has 0 aromatic heterocycles. The number of anilines is 1. The lowest BCUT2D eigenvalue weighted by atomic mass is 10.1. The standard InChI is InChI=1S/C19H23BrNO4P/c1-4-24-26(22,25-5-2)19-18(14-6-12-17(23-3)13-7-14)21(19)16-10-8-15(20)9-11-16/h6-13,18-19H,4-5H2,1-3H3. The number of hydrogen-bond acceptors (Lipinski definition) is 5. The maximum absolute atomic E-state index is 13.4. The molecule has 2 aromatic rings. The molecule has 2 unspecified atom stereocenters. The van der Waals surface area contributed by atoms with E-state index in [1.54, 1.807) is 7.11 Å². The second kappa shape index (κ2) is 8.13. The van der Waals surface area contributed by atoms with Crippen molar-refractivity contribution in [1.82, 2.24) is 0 Å². The van der Waals surface area contributed by atoms with Crippen LogP contribution in [0.4, 0.5) is 5.69 Å². The van der Waals surface area contributed by atoms with Crippen LogP contribution in [-0.2, 0) is 13.6 Å². The summed E-state index contributed by atoms with van der Waals surface area (Å²) in [4.78, 5) is 2.10. The zero-order valence-electron chi connectivity index (χ0n) is 15.1. The van der Waals surface area contributed by atoms with Crippen LogP contribution in [-0.4, -0.2) is 26.1 Å². The molecule has 1 aliphatic rings. The first-order valence-electron chi connectivity index (χ1n) is 8.60. The van der Waals surface area contributed by atoms with E-state index in [-0.39, 0.29) is 11.8 Å². The molecular weight excluding hydrogens is 417 g/mol. The first-order chi connectivity index (χ1) is 12.5. The topological polar surface area (TPSA) is 47.8 Å². The third-order valence-electron chi connectivity index (χ3n) is 4.30. The molecule has 0 amide bonds. The number of benzene rings is 2. The predicted molar refractivity (Wildman–Crippen MR) is 107 cm³/mol. The molecule has 0 N–H and O–H groups in total. The molecule has 0 saturated carbocycles. The van der Waals surface area contributed by atoms with Gasteiger partial charge in [-0.2, -0.15) is 0 Å². The molecule has 0 radical (unpaired) electrons. The maximum Gasteiger partial charge on any atom is 0.355 e. The largest absolute Gasteiger partial charge is 0.497 e. The summed E-state index contributed by atoms with van der Waals surface area (Å²) < 4.78 is 30.9. The Morgan fingerprint density at radius 3 is 2.08 bits per heavy atom. The second-order valence-corrected chi connectivity index (χ2v) is 8.93. The predicted octanol–water partition coefficient (Wildman–Crippen LogP) is 5.61. The monoisotopic (exact) mass is 439 g/mol. The molecule has 0 spiro atoms. The SMILES string of the molecule is CCOP(=O)(OCC)C1C(c2ccc(OC)cc2)N1c1ccc(Br)cc1. The van der Waals surface area contributed by atoms with E-state index < -0.39 is 7.60 Å². The fraction of sp³-hybridized carbons (Fsp3) is 0.368. The Balaban J connectivity index is 1.97. The van der Waals surface area contributed by atoms with Gasteiger partial charge in [0.2, 0.25) is 0 Å². The average molecular weight is 440 g/mol. The van der Waals surface area contributed by atoms with Crippen molar-refractivity contribution in [3.8, 4) is 5.75 Å². The fourth-order valence-corrected chi connectivity index (χ4v) is 5.68. The zero-order chi connectivity index (χ0) is 18.7. The third kappa shape index (κ3) is 3.84. The molecule has 1 aliphatic heterocycles. The number of ether oxygens (including phenoxy) is 1. The van der Waals surface area contributed by atoms with Crippen molar-refractivity contribution in [1.29, 1.82) is 0 Å². The molecule has 1 saturated heterocycles. The van der Waals surface area contributed by atoms with Gasteiger partial charge in [0.05, 0.1) is 26.4 Å². The van der Waals surface area contributed by atoms with Crippen molar-refractivity contribution >= 4 is 29.2 Å². The summed E-state index contributed by atoms with van der Waals surface area (Å²) in [7, 11) is -1.63. The van der Waals surface area contributed by atoms with Crippen molar-refractivity contribution in [3.63, 3.8) is 0 Å². The van der Waals surface area contributed by atoms with Crippen LogP contribution < -0.4 is 9.64 Å². The normalized spacial score (nSPS) is 19.5. The van der Waals surface area contributed by atoms with Crippen molar-refractivity contribution in [2.75, 3.05) is 25.2 Å². The Morgan fingerprint density at radius 2 is 1.58 bits per heavy atom. The summed E-state index contributed by atoms with van der Waals surface area (Å²) in [5.41, 5.74) is 2.04. The first kappa shape index (κ1) is 19.4. The van der Waals surface area contributed by atoms with Gasteiger partial charge in [0.15, 0.2) is 5.78 Å². The van der Waals surface area contributed by atoms with Gasteiger partial charge >= 0.3 is 7.60 Å². The van der Waals surface area contributed by atoms with Crippen LogP contribution in [0.15, 0.2) is 53.0 Å². The lowest BCUT2D eigenvalue weighted by Crippen LogP contribution is -2.06. The second-order valence-electron chi connectivity index (χ2n) is 5.89. The van der Waals surface area contributed by atoms with Gasteiger partial charge < -0.3 is 18.7 Å². The van der Waals surface area contributed by atoms with Crippen LogP contribution in [0.25, 0.3) is 0 Å². The molecule has 2 aromatic carbocycles. The Bertz CT molecular complexity index is 771. The Hall–Kier alpha value is -1.33. The van der Waals surface area contributed by atoms with Crippen LogP contribution in [0.3, 0.4) is 0 Å². The summed E-state index contributed by atoms with van der Waals surface area (Å²) in [6.07, 6.45) is 0. The molecule has 2 atom stereocenters. The minimum Gasteiger partial charge on any atom is -0.497 e. The van der Waals surface area contributed by atoms with Gasteiger partial charge in [-0.25, -0.2) is 0 Å². The van der Waals surface area contributed by atoms with Gasteiger partial charge in [0, 0.05) is 10.2 Å². The van der Waals surface area contributed by atoms with Crippen molar-refractivity contribution < 1.29 is 18.3 Å². The van der Waals surface area contributed by atoms with Crippen molar-refractivity contribution in [2.45, 2.75) is 25.7 Å². The van der Waals surface area contributed by atoms with Crippen LogP contribution in [0.2, 0.25) is 0 Å². The van der Waals surface area contributed by atoms with E-state index in [2.05, 4.69) is 20.8 Å². The van der Waals surface area contributed by atoms with E-state index in [1.807, 2.05) is 62.4 Å². The summed E-state index contributed by atoms with van der Waals surface area (Å²) in [6, 6.07) is 15.7. The van der Waals surface area contributed by atoms with E-state index in [4.69, 9.17) is 13.8 Å². The summed E-state index contributed by atoms with van der Waals surface area (Å²) in [5, 5.41) is 0. The lowest BCUT2D eigenvalue weighted by Gasteiger charge is -2.17. The number of nitrogens with zero attached hydrogens (tertiary/aromatic N) is 1. The van der Waals surface area contributed by atoms with E-state index in [0.717, 1.165) is 21.5 Å². The van der Waals surface area contributed by atoms with Gasteiger partial charge in [0.1, 0.15) is 5.75 Å². The zero-order valence-corrected chi connectivity index (χ0v) is 17.6. The molecule has 1 fully saturated rings. The van der Waals surface area contributed by atoms with Gasteiger partial charge in [-0.3, -0.25) is 4.57 Å². The van der Waals surface area contributed by atoms with Crippen molar-refractivity contribution in [3.05, 3.63) is 58.6 Å². The van der Waals surface area contributed by atoms with E-state index >= 15 is 0 Å². The molecule has 26 heavy (non-hydrogen) atoms. The Morgan fingerprint density at radius 1 is 1.00 bits per heavy atom. The highest BCUT2D eigenvalue weighted by Crippen LogP contribution is 2.68. The molecular formula is C19H23BrNO4P.